The Hall–Kier alpha value is -3.35. The zero-order valence-corrected chi connectivity index (χ0v) is 16.4. The first kappa shape index (κ1) is 24.9. The van der Waals surface area contributed by atoms with Gasteiger partial charge in [0.15, 0.2) is 0 Å². The first-order valence-electron chi connectivity index (χ1n) is 8.46. The van der Waals surface area contributed by atoms with Crippen molar-refractivity contribution < 1.29 is 40.9 Å². The number of carbonyl (C=O) groups is 2. The molecule has 0 bridgehead atoms. The minimum absolute atomic E-state index is 0.0359. The molecule has 2 aromatic rings. The van der Waals surface area contributed by atoms with Crippen LogP contribution in [0.1, 0.15) is 23.1 Å². The summed E-state index contributed by atoms with van der Waals surface area (Å²) in [5.41, 5.74) is -4.84. The van der Waals surface area contributed by atoms with Crippen molar-refractivity contribution in [3.05, 3.63) is 68.2 Å². The van der Waals surface area contributed by atoms with Crippen LogP contribution in [0.25, 0.3) is 0 Å². The van der Waals surface area contributed by atoms with E-state index in [1.54, 1.807) is 0 Å². The summed E-state index contributed by atoms with van der Waals surface area (Å²) in [6.07, 6.45) is -11.5. The van der Waals surface area contributed by atoms with Crippen molar-refractivity contribution in [1.29, 1.82) is 0 Å². The van der Waals surface area contributed by atoms with Gasteiger partial charge in [0.25, 0.3) is 5.69 Å². The normalized spacial score (nSPS) is 11.7. The maximum absolute atomic E-state index is 13.0. The third-order valence-electron chi connectivity index (χ3n) is 3.95. The zero-order chi connectivity index (χ0) is 24.3. The lowest BCUT2D eigenvalue weighted by Gasteiger charge is -2.17. The first-order valence-corrected chi connectivity index (χ1v) is 8.84. The molecule has 7 nitrogen and oxygen atoms in total. The number of nitrogens with zero attached hydrogens (tertiary/aromatic N) is 1. The fourth-order valence-corrected chi connectivity index (χ4v) is 2.78. The molecule has 0 aliphatic carbocycles. The molecule has 0 fully saturated rings. The summed E-state index contributed by atoms with van der Waals surface area (Å²) in [7, 11) is 0. The molecule has 0 aromatic heterocycles. The highest BCUT2D eigenvalue weighted by Crippen LogP contribution is 2.41. The Morgan fingerprint density at radius 1 is 0.938 bits per heavy atom. The van der Waals surface area contributed by atoms with Gasteiger partial charge in [-0.2, -0.15) is 26.3 Å². The Bertz CT molecular complexity index is 1060. The van der Waals surface area contributed by atoms with E-state index in [0.29, 0.717) is 6.07 Å². The Morgan fingerprint density at radius 3 is 2.12 bits per heavy atom. The molecular formula is C18H12ClF6N3O4. The third kappa shape index (κ3) is 6.57. The van der Waals surface area contributed by atoms with Crippen molar-refractivity contribution in [2.24, 2.45) is 0 Å². The first-order chi connectivity index (χ1) is 14.7. The van der Waals surface area contributed by atoms with E-state index in [0.717, 1.165) is 6.07 Å². The smallest absolute Gasteiger partial charge is 0.351 e. The van der Waals surface area contributed by atoms with Crippen molar-refractivity contribution in [3.63, 3.8) is 0 Å². The van der Waals surface area contributed by atoms with Crippen LogP contribution < -0.4 is 10.6 Å². The molecule has 0 spiro atoms. The summed E-state index contributed by atoms with van der Waals surface area (Å²) in [6, 6.07) is 4.48. The molecule has 2 aromatic carbocycles. The SMILES string of the molecule is O=C(CC(=O)Nc1ccc(C(F)(F)F)c(C(F)(F)F)c1)NCc1cc(Cl)ccc1[N+](=O)[O-]. The number of halogens is 7. The van der Waals surface area contributed by atoms with Gasteiger partial charge in [-0.1, -0.05) is 11.6 Å². The highest BCUT2D eigenvalue weighted by molar-refractivity contribution is 6.30. The lowest BCUT2D eigenvalue weighted by molar-refractivity contribution is -0.385. The second-order valence-corrected chi connectivity index (χ2v) is 6.72. The van der Waals surface area contributed by atoms with Crippen LogP contribution in [0.5, 0.6) is 0 Å². The average Bonchev–Trinajstić information content (AvgIpc) is 2.64. The molecule has 2 amide bonds. The molecule has 0 radical (unpaired) electrons. The van der Waals surface area contributed by atoms with Crippen LogP contribution in [0.15, 0.2) is 36.4 Å². The van der Waals surface area contributed by atoms with Gasteiger partial charge in [-0.3, -0.25) is 19.7 Å². The molecule has 0 saturated heterocycles. The molecule has 2 rings (SSSR count). The molecular weight excluding hydrogens is 472 g/mol. The van der Waals surface area contributed by atoms with Gasteiger partial charge < -0.3 is 10.6 Å². The van der Waals surface area contributed by atoms with E-state index < -0.39 is 52.3 Å². The zero-order valence-electron chi connectivity index (χ0n) is 15.6. The molecule has 2 N–H and O–H groups in total. The maximum atomic E-state index is 13.0. The van der Waals surface area contributed by atoms with Gasteiger partial charge in [0, 0.05) is 23.3 Å². The summed E-state index contributed by atoms with van der Waals surface area (Å²) in [4.78, 5) is 34.1. The molecule has 0 unspecified atom stereocenters. The Morgan fingerprint density at radius 2 is 1.56 bits per heavy atom. The highest BCUT2D eigenvalue weighted by Gasteiger charge is 2.43. The largest absolute Gasteiger partial charge is 0.417 e. The molecule has 0 saturated carbocycles. The maximum Gasteiger partial charge on any atom is 0.417 e. The number of anilines is 1. The number of amides is 2. The van der Waals surface area contributed by atoms with Crippen LogP contribution in [-0.4, -0.2) is 16.7 Å². The van der Waals surface area contributed by atoms with Gasteiger partial charge in [-0.05, 0) is 30.3 Å². The fraction of sp³-hybridized carbons (Fsp3) is 0.222. The number of carbonyl (C=O) groups excluding carboxylic acids is 2. The van der Waals surface area contributed by atoms with Crippen molar-refractivity contribution in [2.75, 3.05) is 5.32 Å². The molecule has 0 atom stereocenters. The monoisotopic (exact) mass is 483 g/mol. The molecule has 0 aliphatic rings. The van der Waals surface area contributed by atoms with E-state index in [2.05, 4.69) is 5.32 Å². The van der Waals surface area contributed by atoms with Crippen molar-refractivity contribution in [3.8, 4) is 0 Å². The van der Waals surface area contributed by atoms with E-state index in [9.17, 15) is 46.0 Å². The van der Waals surface area contributed by atoms with E-state index in [1.165, 1.54) is 12.1 Å². The van der Waals surface area contributed by atoms with Gasteiger partial charge in [0.2, 0.25) is 11.8 Å². The van der Waals surface area contributed by atoms with Gasteiger partial charge >= 0.3 is 12.4 Å². The summed E-state index contributed by atoms with van der Waals surface area (Å²) in [5.74, 6) is -2.06. The minimum atomic E-state index is -5.34. The van der Waals surface area contributed by atoms with Crippen LogP contribution in [-0.2, 0) is 28.5 Å². The number of rotatable bonds is 6. The van der Waals surface area contributed by atoms with Crippen LogP contribution in [0, 0.1) is 10.1 Å². The van der Waals surface area contributed by atoms with Crippen LogP contribution in [0.3, 0.4) is 0 Å². The van der Waals surface area contributed by atoms with E-state index in [4.69, 9.17) is 11.6 Å². The lowest BCUT2D eigenvalue weighted by Crippen LogP contribution is -2.28. The van der Waals surface area contributed by atoms with Gasteiger partial charge in [0.1, 0.15) is 6.42 Å². The second-order valence-electron chi connectivity index (χ2n) is 6.29. The highest BCUT2D eigenvalue weighted by atomic mass is 35.5. The molecule has 0 aliphatic heterocycles. The summed E-state index contributed by atoms with van der Waals surface area (Å²) in [5, 5.41) is 15.2. The number of hydrogen-bond donors (Lipinski definition) is 2. The molecule has 14 heteroatoms. The number of benzene rings is 2. The lowest BCUT2D eigenvalue weighted by atomic mass is 10.1. The van der Waals surface area contributed by atoms with Crippen LogP contribution in [0.4, 0.5) is 37.7 Å². The molecule has 172 valence electrons. The quantitative estimate of drug-likeness (QED) is 0.263. The number of nitrogens with one attached hydrogen (secondary N) is 2. The van der Waals surface area contributed by atoms with Gasteiger partial charge in [0.05, 0.1) is 21.6 Å². The summed E-state index contributed by atoms with van der Waals surface area (Å²) >= 11 is 5.75. The summed E-state index contributed by atoms with van der Waals surface area (Å²) in [6.45, 7) is -0.374. The predicted octanol–water partition coefficient (Wildman–Crippen LogP) is 4.93. The number of alkyl halides is 6. The van der Waals surface area contributed by atoms with E-state index in [1.807, 2.05) is 5.32 Å². The van der Waals surface area contributed by atoms with Crippen LogP contribution in [0.2, 0.25) is 5.02 Å². The number of nitro benzene ring substituents is 1. The van der Waals surface area contributed by atoms with Crippen molar-refractivity contribution >= 4 is 34.8 Å². The topological polar surface area (TPSA) is 101 Å². The van der Waals surface area contributed by atoms with Crippen LogP contribution >= 0.6 is 11.6 Å². The molecule has 32 heavy (non-hydrogen) atoms. The van der Waals surface area contributed by atoms with Crippen molar-refractivity contribution in [2.45, 2.75) is 25.3 Å². The Labute approximate surface area is 180 Å². The van der Waals surface area contributed by atoms with Crippen molar-refractivity contribution in [1.82, 2.24) is 5.32 Å². The average molecular weight is 484 g/mol. The third-order valence-corrected chi connectivity index (χ3v) is 4.18. The Balaban J connectivity index is 2.06. The fourth-order valence-electron chi connectivity index (χ4n) is 2.58. The van der Waals surface area contributed by atoms with Gasteiger partial charge in [-0.25, -0.2) is 0 Å². The van der Waals surface area contributed by atoms with E-state index in [-0.39, 0.29) is 35.0 Å². The summed E-state index contributed by atoms with van der Waals surface area (Å²) < 4.78 is 77.2. The molecule has 0 heterocycles. The predicted molar refractivity (Wildman–Crippen MR) is 99.6 cm³/mol. The van der Waals surface area contributed by atoms with E-state index >= 15 is 0 Å². The van der Waals surface area contributed by atoms with Gasteiger partial charge in [-0.15, -0.1) is 0 Å². The second kappa shape index (κ2) is 9.42. The number of hydrogen-bond acceptors (Lipinski definition) is 4. The minimum Gasteiger partial charge on any atom is -0.351 e. The Kier molecular flexibility index (Phi) is 7.34. The number of nitro groups is 1. The standard InChI is InChI=1S/C18H12ClF6N3O4/c19-10-1-4-14(28(31)32)9(5-10)8-26-15(29)7-16(30)27-11-2-3-12(17(20,21)22)13(6-11)18(23,24)25/h1-6H,7-8H2,(H,26,29)(H,27,30).